The van der Waals surface area contributed by atoms with Crippen molar-refractivity contribution in [3.05, 3.63) is 42.5 Å². The van der Waals surface area contributed by atoms with Gasteiger partial charge in [-0.15, -0.1) is 0 Å². The second-order valence-electron chi connectivity index (χ2n) is 5.77. The van der Waals surface area contributed by atoms with Crippen molar-refractivity contribution in [2.75, 3.05) is 23.3 Å². The van der Waals surface area contributed by atoms with E-state index >= 15 is 0 Å². The molecule has 0 radical (unpaired) electrons. The zero-order chi connectivity index (χ0) is 16.2. The van der Waals surface area contributed by atoms with Gasteiger partial charge in [-0.1, -0.05) is 6.07 Å². The molecule has 0 aliphatic carbocycles. The van der Waals surface area contributed by atoms with Crippen LogP contribution in [0.2, 0.25) is 0 Å². The number of amides is 2. The van der Waals surface area contributed by atoms with Gasteiger partial charge < -0.3 is 15.5 Å². The van der Waals surface area contributed by atoms with E-state index in [4.69, 9.17) is 0 Å². The Labute approximate surface area is 134 Å². The maximum atomic E-state index is 13.1. The first-order valence-corrected chi connectivity index (χ1v) is 7.67. The minimum Gasteiger partial charge on any atom is -0.367 e. The monoisotopic (exact) mass is 317 g/mol. The Hall–Kier alpha value is -2.57. The molecule has 1 fully saturated rings. The summed E-state index contributed by atoms with van der Waals surface area (Å²) in [7, 11) is 1.88. The van der Waals surface area contributed by atoms with Crippen LogP contribution < -0.4 is 15.5 Å². The molecule has 122 valence electrons. The van der Waals surface area contributed by atoms with Crippen molar-refractivity contribution in [3.8, 4) is 0 Å². The Balaban J connectivity index is 1.56. The fraction of sp³-hybridized carbons (Fsp3) is 0.375. The Morgan fingerprint density at radius 3 is 3.04 bits per heavy atom. The van der Waals surface area contributed by atoms with Gasteiger partial charge in [0, 0.05) is 38.1 Å². The first kappa shape index (κ1) is 15.3. The molecule has 2 N–H and O–H groups in total. The van der Waals surface area contributed by atoms with Crippen LogP contribution in [0.15, 0.2) is 36.7 Å². The van der Waals surface area contributed by atoms with Crippen LogP contribution >= 0.6 is 0 Å². The average molecular weight is 317 g/mol. The molecule has 0 bridgehead atoms. The fourth-order valence-corrected chi connectivity index (χ4v) is 2.82. The highest BCUT2D eigenvalue weighted by Gasteiger charge is 2.22. The van der Waals surface area contributed by atoms with Gasteiger partial charge >= 0.3 is 6.03 Å². The van der Waals surface area contributed by atoms with Crippen LogP contribution in [-0.2, 0) is 7.05 Å². The number of piperidine rings is 1. The van der Waals surface area contributed by atoms with Gasteiger partial charge in [-0.25, -0.2) is 9.18 Å². The fourth-order valence-electron chi connectivity index (χ4n) is 2.82. The third kappa shape index (κ3) is 4.00. The zero-order valence-electron chi connectivity index (χ0n) is 13.0. The lowest BCUT2D eigenvalue weighted by molar-refractivity contribution is 0.246. The van der Waals surface area contributed by atoms with Gasteiger partial charge in [-0.05, 0) is 31.0 Å². The highest BCUT2D eigenvalue weighted by Crippen LogP contribution is 2.19. The number of nitrogens with zero attached hydrogens (tertiary/aromatic N) is 3. The Bertz CT molecular complexity index is 687. The normalized spacial score (nSPS) is 17.8. The predicted octanol–water partition coefficient (Wildman–Crippen LogP) is 2.35. The van der Waals surface area contributed by atoms with Gasteiger partial charge in [0.05, 0.1) is 11.9 Å². The second kappa shape index (κ2) is 6.68. The lowest BCUT2D eigenvalue weighted by Crippen LogP contribution is -2.49. The third-order valence-electron chi connectivity index (χ3n) is 3.90. The molecular formula is C16H20FN5O. The summed E-state index contributed by atoms with van der Waals surface area (Å²) in [6.45, 7) is 1.69. The van der Waals surface area contributed by atoms with Gasteiger partial charge in [-0.2, -0.15) is 5.10 Å². The van der Waals surface area contributed by atoms with Crippen molar-refractivity contribution < 1.29 is 9.18 Å². The number of rotatable bonds is 3. The Morgan fingerprint density at radius 1 is 1.43 bits per heavy atom. The summed E-state index contributed by atoms with van der Waals surface area (Å²) in [6.07, 6.45) is 5.72. The van der Waals surface area contributed by atoms with Gasteiger partial charge in [0.1, 0.15) is 5.82 Å². The summed E-state index contributed by atoms with van der Waals surface area (Å²) in [6, 6.07) is 5.60. The van der Waals surface area contributed by atoms with E-state index < -0.39 is 0 Å². The maximum Gasteiger partial charge on any atom is 0.319 e. The molecule has 1 aliphatic heterocycles. The SMILES string of the molecule is Cn1cc(N2CCCC(NC(=O)Nc3cccc(F)c3)C2)cn1. The van der Waals surface area contributed by atoms with Crippen molar-refractivity contribution in [2.24, 2.45) is 7.05 Å². The summed E-state index contributed by atoms with van der Waals surface area (Å²) in [5, 5.41) is 9.80. The van der Waals surface area contributed by atoms with Crippen LogP contribution in [-0.4, -0.2) is 34.9 Å². The third-order valence-corrected chi connectivity index (χ3v) is 3.90. The van der Waals surface area contributed by atoms with Crippen LogP contribution in [0, 0.1) is 5.82 Å². The number of hydrogen-bond acceptors (Lipinski definition) is 3. The molecule has 0 spiro atoms. The molecule has 2 aromatic rings. The maximum absolute atomic E-state index is 13.1. The van der Waals surface area contributed by atoms with E-state index in [9.17, 15) is 9.18 Å². The zero-order valence-corrected chi connectivity index (χ0v) is 13.0. The van der Waals surface area contributed by atoms with Gasteiger partial charge in [0.15, 0.2) is 0 Å². The van der Waals surface area contributed by atoms with E-state index in [0.717, 1.165) is 31.6 Å². The molecule has 1 aromatic carbocycles. The van der Waals surface area contributed by atoms with Crippen LogP contribution in [0.3, 0.4) is 0 Å². The van der Waals surface area contributed by atoms with Gasteiger partial charge in [-0.3, -0.25) is 4.68 Å². The van der Waals surface area contributed by atoms with Gasteiger partial charge in [0.25, 0.3) is 0 Å². The van der Waals surface area contributed by atoms with Crippen molar-refractivity contribution in [1.29, 1.82) is 0 Å². The largest absolute Gasteiger partial charge is 0.367 e. The summed E-state index contributed by atoms with van der Waals surface area (Å²) in [5.41, 5.74) is 1.51. The van der Waals surface area contributed by atoms with Crippen molar-refractivity contribution in [2.45, 2.75) is 18.9 Å². The number of aromatic nitrogens is 2. The number of urea groups is 1. The molecule has 23 heavy (non-hydrogen) atoms. The number of anilines is 2. The molecule has 0 saturated carbocycles. The minimum absolute atomic E-state index is 0.0533. The number of carbonyl (C=O) groups excluding carboxylic acids is 1. The summed E-state index contributed by atoms with van der Waals surface area (Å²) in [4.78, 5) is 14.3. The molecule has 1 saturated heterocycles. The number of nitrogens with one attached hydrogen (secondary N) is 2. The molecule has 1 aliphatic rings. The summed E-state index contributed by atoms with van der Waals surface area (Å²) < 4.78 is 14.9. The van der Waals surface area contributed by atoms with E-state index in [0.29, 0.717) is 5.69 Å². The molecule has 1 atom stereocenters. The minimum atomic E-state index is -0.372. The Kier molecular flexibility index (Phi) is 4.45. The number of carbonyl (C=O) groups is 1. The van der Waals surface area contributed by atoms with E-state index in [1.807, 2.05) is 19.4 Å². The molecular weight excluding hydrogens is 297 g/mol. The summed E-state index contributed by atoms with van der Waals surface area (Å²) >= 11 is 0. The molecule has 1 unspecified atom stereocenters. The quantitative estimate of drug-likeness (QED) is 0.913. The first-order chi connectivity index (χ1) is 11.1. The van der Waals surface area contributed by atoms with E-state index in [2.05, 4.69) is 20.6 Å². The number of halogens is 1. The van der Waals surface area contributed by atoms with Crippen molar-refractivity contribution in [1.82, 2.24) is 15.1 Å². The van der Waals surface area contributed by atoms with Crippen LogP contribution in [0.1, 0.15) is 12.8 Å². The molecule has 2 heterocycles. The van der Waals surface area contributed by atoms with Crippen molar-refractivity contribution >= 4 is 17.4 Å². The van der Waals surface area contributed by atoms with Crippen LogP contribution in [0.25, 0.3) is 0 Å². The molecule has 6 nitrogen and oxygen atoms in total. The second-order valence-corrected chi connectivity index (χ2v) is 5.77. The topological polar surface area (TPSA) is 62.2 Å². The lowest BCUT2D eigenvalue weighted by atomic mass is 10.1. The van der Waals surface area contributed by atoms with E-state index in [-0.39, 0.29) is 17.9 Å². The highest BCUT2D eigenvalue weighted by atomic mass is 19.1. The first-order valence-electron chi connectivity index (χ1n) is 7.67. The summed E-state index contributed by atoms with van der Waals surface area (Å²) in [5.74, 6) is -0.372. The van der Waals surface area contributed by atoms with E-state index in [1.54, 1.807) is 16.8 Å². The Morgan fingerprint density at radius 2 is 2.30 bits per heavy atom. The van der Waals surface area contributed by atoms with Crippen molar-refractivity contribution in [3.63, 3.8) is 0 Å². The lowest BCUT2D eigenvalue weighted by Gasteiger charge is -2.33. The number of hydrogen-bond donors (Lipinski definition) is 2. The predicted molar refractivity (Wildman–Crippen MR) is 87.0 cm³/mol. The number of aryl methyl sites for hydroxylation is 1. The van der Waals surface area contributed by atoms with Crippen LogP contribution in [0.4, 0.5) is 20.6 Å². The molecule has 3 rings (SSSR count). The highest BCUT2D eigenvalue weighted by molar-refractivity contribution is 5.89. The van der Waals surface area contributed by atoms with Crippen LogP contribution in [0.5, 0.6) is 0 Å². The van der Waals surface area contributed by atoms with Gasteiger partial charge in [0.2, 0.25) is 0 Å². The standard InChI is InChI=1S/C16H20FN5O/c1-21-11-15(9-18-21)22-7-3-6-14(10-22)20-16(23)19-13-5-2-4-12(17)8-13/h2,4-5,8-9,11,14H,3,6-7,10H2,1H3,(H2,19,20,23). The molecule has 1 aromatic heterocycles. The number of benzene rings is 1. The molecule has 2 amide bonds. The van der Waals surface area contributed by atoms with E-state index in [1.165, 1.54) is 12.1 Å². The average Bonchev–Trinajstić information content (AvgIpc) is 2.94. The molecule has 7 heteroatoms. The smallest absolute Gasteiger partial charge is 0.319 e.